The van der Waals surface area contributed by atoms with Crippen molar-refractivity contribution in [3.8, 4) is 0 Å². The predicted molar refractivity (Wildman–Crippen MR) is 60.5 cm³/mol. The number of hydrogen-bond donors (Lipinski definition) is 1. The van der Waals surface area contributed by atoms with Crippen LogP contribution in [0.5, 0.6) is 0 Å². The highest BCUT2D eigenvalue weighted by molar-refractivity contribution is 7.71. The monoisotopic (exact) mass is 212 g/mol. The number of rotatable bonds is 4. The average molecular weight is 212 g/mol. The molecule has 4 heteroatoms. The third-order valence-corrected chi connectivity index (χ3v) is 5.63. The fourth-order valence-corrected chi connectivity index (χ4v) is 3.04. The molecule has 14 heavy (non-hydrogen) atoms. The SMILES string of the molecule is CCP(=O)(CC)c1ccc(CN)cn1. The summed E-state index contributed by atoms with van der Waals surface area (Å²) in [6, 6.07) is 3.75. The molecule has 0 unspecified atom stereocenters. The molecule has 0 radical (unpaired) electrons. The first-order valence-corrected chi connectivity index (χ1v) is 6.97. The van der Waals surface area contributed by atoms with Crippen LogP contribution in [0, 0.1) is 0 Å². The van der Waals surface area contributed by atoms with Crippen LogP contribution in [0.2, 0.25) is 0 Å². The van der Waals surface area contributed by atoms with Crippen LogP contribution in [0.15, 0.2) is 18.3 Å². The minimum atomic E-state index is -2.22. The zero-order valence-electron chi connectivity index (χ0n) is 8.73. The quantitative estimate of drug-likeness (QED) is 0.771. The van der Waals surface area contributed by atoms with Gasteiger partial charge in [0.05, 0.1) is 5.44 Å². The molecular formula is C10H17N2OP. The van der Waals surface area contributed by atoms with E-state index in [0.29, 0.717) is 18.9 Å². The summed E-state index contributed by atoms with van der Waals surface area (Å²) >= 11 is 0. The van der Waals surface area contributed by atoms with E-state index in [2.05, 4.69) is 4.98 Å². The fourth-order valence-electron chi connectivity index (χ4n) is 1.33. The molecule has 0 fully saturated rings. The summed E-state index contributed by atoms with van der Waals surface area (Å²) in [5.41, 5.74) is 7.18. The standard InChI is InChI=1S/C10H17N2OP/c1-3-14(13,4-2)10-6-5-9(7-11)8-12-10/h5-6,8H,3-4,7,11H2,1-2H3. The van der Waals surface area contributed by atoms with Crippen LogP contribution in [0.1, 0.15) is 19.4 Å². The first kappa shape index (κ1) is 11.4. The van der Waals surface area contributed by atoms with Crippen LogP contribution in [0.3, 0.4) is 0 Å². The fraction of sp³-hybridized carbons (Fsp3) is 0.500. The van der Waals surface area contributed by atoms with Gasteiger partial charge in [0.25, 0.3) is 0 Å². The minimum Gasteiger partial charge on any atom is -0.326 e. The summed E-state index contributed by atoms with van der Waals surface area (Å²) in [5.74, 6) is 0. The Morgan fingerprint density at radius 2 is 2.00 bits per heavy atom. The number of pyridine rings is 1. The maximum atomic E-state index is 12.3. The van der Waals surface area contributed by atoms with Crippen molar-refractivity contribution in [1.82, 2.24) is 4.98 Å². The number of nitrogens with zero attached hydrogens (tertiary/aromatic N) is 1. The Balaban J connectivity index is 3.01. The second-order valence-corrected chi connectivity index (χ2v) is 6.75. The summed E-state index contributed by atoms with van der Waals surface area (Å²) < 4.78 is 12.3. The van der Waals surface area contributed by atoms with Crippen LogP contribution in [-0.4, -0.2) is 17.3 Å². The maximum absolute atomic E-state index is 12.3. The maximum Gasteiger partial charge on any atom is 0.132 e. The van der Waals surface area contributed by atoms with Gasteiger partial charge in [0, 0.05) is 25.1 Å². The molecule has 2 N–H and O–H groups in total. The third-order valence-electron chi connectivity index (χ3n) is 2.48. The molecule has 0 aliphatic rings. The Morgan fingerprint density at radius 1 is 1.36 bits per heavy atom. The highest BCUT2D eigenvalue weighted by Crippen LogP contribution is 2.42. The molecule has 0 atom stereocenters. The van der Waals surface area contributed by atoms with Crippen molar-refractivity contribution in [1.29, 1.82) is 0 Å². The lowest BCUT2D eigenvalue weighted by Gasteiger charge is -2.13. The minimum absolute atomic E-state index is 0.482. The Hall–Kier alpha value is -0.660. The summed E-state index contributed by atoms with van der Waals surface area (Å²) in [4.78, 5) is 4.22. The molecule has 0 aromatic carbocycles. The van der Waals surface area contributed by atoms with Gasteiger partial charge >= 0.3 is 0 Å². The molecule has 0 bridgehead atoms. The first-order chi connectivity index (χ1) is 6.66. The molecule has 1 heterocycles. The summed E-state index contributed by atoms with van der Waals surface area (Å²) in [6.45, 7) is 4.38. The molecule has 1 rings (SSSR count). The smallest absolute Gasteiger partial charge is 0.132 e. The van der Waals surface area contributed by atoms with Crippen molar-refractivity contribution in [2.75, 3.05) is 12.3 Å². The normalized spacial score (nSPS) is 11.6. The van der Waals surface area contributed by atoms with Crippen LogP contribution >= 0.6 is 7.14 Å². The predicted octanol–water partition coefficient (Wildman–Crippen LogP) is 1.57. The summed E-state index contributed by atoms with van der Waals surface area (Å²) in [7, 11) is -2.22. The van der Waals surface area contributed by atoms with Crippen LogP contribution < -0.4 is 11.2 Å². The molecular weight excluding hydrogens is 195 g/mol. The van der Waals surface area contributed by atoms with Gasteiger partial charge in [-0.25, -0.2) is 0 Å². The van der Waals surface area contributed by atoms with E-state index in [-0.39, 0.29) is 0 Å². The van der Waals surface area contributed by atoms with Crippen LogP contribution in [-0.2, 0) is 11.1 Å². The molecule has 0 aliphatic heterocycles. The Morgan fingerprint density at radius 3 is 2.36 bits per heavy atom. The van der Waals surface area contributed by atoms with E-state index in [1.54, 1.807) is 6.20 Å². The van der Waals surface area contributed by atoms with E-state index in [9.17, 15) is 4.57 Å². The van der Waals surface area contributed by atoms with Gasteiger partial charge in [0.15, 0.2) is 0 Å². The van der Waals surface area contributed by atoms with Gasteiger partial charge in [-0.1, -0.05) is 19.9 Å². The van der Waals surface area contributed by atoms with E-state index < -0.39 is 7.14 Å². The highest BCUT2D eigenvalue weighted by atomic mass is 31.2. The van der Waals surface area contributed by atoms with Gasteiger partial charge in [-0.15, -0.1) is 0 Å². The Bertz CT molecular complexity index is 326. The molecule has 0 spiro atoms. The Labute approximate surface area is 85.1 Å². The van der Waals surface area contributed by atoms with Crippen molar-refractivity contribution in [3.63, 3.8) is 0 Å². The van der Waals surface area contributed by atoms with Crippen molar-refractivity contribution in [3.05, 3.63) is 23.9 Å². The second-order valence-electron chi connectivity index (χ2n) is 3.25. The zero-order chi connectivity index (χ0) is 10.6. The molecule has 1 aromatic heterocycles. The van der Waals surface area contributed by atoms with Gasteiger partial charge in [0.1, 0.15) is 7.14 Å². The average Bonchev–Trinajstić information content (AvgIpc) is 2.28. The lowest BCUT2D eigenvalue weighted by atomic mass is 10.3. The Kier molecular flexibility index (Phi) is 3.85. The molecule has 0 amide bonds. The molecule has 0 aliphatic carbocycles. The first-order valence-electron chi connectivity index (χ1n) is 4.90. The van der Waals surface area contributed by atoms with Crippen LogP contribution in [0.4, 0.5) is 0 Å². The molecule has 1 aromatic rings. The van der Waals surface area contributed by atoms with E-state index >= 15 is 0 Å². The largest absolute Gasteiger partial charge is 0.326 e. The van der Waals surface area contributed by atoms with Crippen molar-refractivity contribution in [2.24, 2.45) is 5.73 Å². The molecule has 0 saturated heterocycles. The van der Waals surface area contributed by atoms with Crippen molar-refractivity contribution < 1.29 is 4.57 Å². The van der Waals surface area contributed by atoms with Gasteiger partial charge < -0.3 is 10.3 Å². The number of aromatic nitrogens is 1. The van der Waals surface area contributed by atoms with Crippen molar-refractivity contribution in [2.45, 2.75) is 20.4 Å². The number of nitrogens with two attached hydrogens (primary N) is 1. The van der Waals surface area contributed by atoms with E-state index in [1.165, 1.54) is 0 Å². The van der Waals surface area contributed by atoms with Gasteiger partial charge in [0.2, 0.25) is 0 Å². The summed E-state index contributed by atoms with van der Waals surface area (Å²) in [6.07, 6.45) is 3.07. The molecule has 78 valence electrons. The summed E-state index contributed by atoms with van der Waals surface area (Å²) in [5, 5.41) is 0. The van der Waals surface area contributed by atoms with E-state index in [4.69, 9.17) is 5.73 Å². The number of hydrogen-bond acceptors (Lipinski definition) is 3. The third kappa shape index (κ3) is 2.23. The highest BCUT2D eigenvalue weighted by Gasteiger charge is 2.20. The van der Waals surface area contributed by atoms with E-state index in [0.717, 1.165) is 11.0 Å². The lowest BCUT2D eigenvalue weighted by Crippen LogP contribution is -2.13. The molecule has 0 saturated carbocycles. The van der Waals surface area contributed by atoms with Crippen molar-refractivity contribution >= 4 is 12.6 Å². The van der Waals surface area contributed by atoms with Gasteiger partial charge in [-0.2, -0.15) is 0 Å². The van der Waals surface area contributed by atoms with E-state index in [1.807, 2.05) is 26.0 Å². The topological polar surface area (TPSA) is 56.0 Å². The molecule has 3 nitrogen and oxygen atoms in total. The van der Waals surface area contributed by atoms with Gasteiger partial charge in [-0.3, -0.25) is 4.98 Å². The lowest BCUT2D eigenvalue weighted by molar-refractivity contribution is 0.582. The second kappa shape index (κ2) is 4.72. The zero-order valence-corrected chi connectivity index (χ0v) is 9.63. The van der Waals surface area contributed by atoms with Crippen LogP contribution in [0.25, 0.3) is 0 Å². The van der Waals surface area contributed by atoms with Gasteiger partial charge in [-0.05, 0) is 11.6 Å².